The van der Waals surface area contributed by atoms with Gasteiger partial charge in [0, 0.05) is 83.3 Å². The third kappa shape index (κ3) is 15.5. The van der Waals surface area contributed by atoms with Crippen molar-refractivity contribution in [3.8, 4) is 0 Å². The molecule has 6 aromatic rings. The molecule has 17 heteroatoms. The van der Waals surface area contributed by atoms with Gasteiger partial charge in [0.15, 0.2) is 0 Å². The van der Waals surface area contributed by atoms with Crippen LogP contribution in [-0.2, 0) is 46.3 Å². The number of amides is 1. The molecule has 12 rings (SSSR count). The molecule has 6 fully saturated rings. The van der Waals surface area contributed by atoms with Crippen molar-refractivity contribution in [2.24, 2.45) is 35.5 Å². The molecular formula is C64H82N6O11. The highest BCUT2D eigenvalue weighted by molar-refractivity contribution is 6.02. The number of piperidine rings is 3. The number of fused-ring (bicyclic) bond motifs is 6. The Balaban J connectivity index is 0.000000138. The summed E-state index contributed by atoms with van der Waals surface area (Å²) in [6, 6.07) is 26.1. The molecule has 3 saturated heterocycles. The molecule has 3 aliphatic heterocycles. The van der Waals surface area contributed by atoms with Crippen LogP contribution in [0, 0.1) is 35.5 Å². The van der Waals surface area contributed by atoms with Crippen LogP contribution in [0.3, 0.4) is 0 Å². The van der Waals surface area contributed by atoms with Gasteiger partial charge in [0.1, 0.15) is 0 Å². The van der Waals surface area contributed by atoms with Crippen molar-refractivity contribution in [1.82, 2.24) is 30.5 Å². The number of carboxylic acid groups (broad SMARTS) is 3. The minimum absolute atomic E-state index is 0.00315. The number of aromatic nitrogens is 3. The van der Waals surface area contributed by atoms with Crippen LogP contribution < -0.4 is 10.6 Å². The van der Waals surface area contributed by atoms with Crippen molar-refractivity contribution in [3.63, 3.8) is 0 Å². The van der Waals surface area contributed by atoms with Gasteiger partial charge in [-0.1, -0.05) is 93.1 Å². The first-order chi connectivity index (χ1) is 39.4. The van der Waals surface area contributed by atoms with Gasteiger partial charge in [0.25, 0.3) is 0 Å². The van der Waals surface area contributed by atoms with Gasteiger partial charge in [0.05, 0.1) is 43.1 Å². The summed E-state index contributed by atoms with van der Waals surface area (Å²) in [4.78, 5) is 81.5. The first-order valence-electron chi connectivity index (χ1n) is 29.4. The quantitative estimate of drug-likeness (QED) is 0.0631. The first-order valence-corrected chi connectivity index (χ1v) is 29.4. The third-order valence-corrected chi connectivity index (χ3v) is 17.9. The summed E-state index contributed by atoms with van der Waals surface area (Å²) in [6.07, 6.45) is 24.0. The number of nitrogens with zero attached hydrogens (tertiary/aromatic N) is 2. The van der Waals surface area contributed by atoms with Gasteiger partial charge in [0.2, 0.25) is 5.91 Å². The zero-order valence-electron chi connectivity index (χ0n) is 47.0. The molecule has 0 spiro atoms. The van der Waals surface area contributed by atoms with Crippen LogP contribution >= 0.6 is 0 Å². The number of aryl methyl sites for hydroxylation is 2. The van der Waals surface area contributed by atoms with E-state index in [-0.39, 0.29) is 54.0 Å². The highest BCUT2D eigenvalue weighted by Crippen LogP contribution is 2.41. The molecule has 6 heterocycles. The topological polar surface area (TPSA) is 253 Å². The van der Waals surface area contributed by atoms with Crippen molar-refractivity contribution in [1.29, 1.82) is 0 Å². The van der Waals surface area contributed by atoms with E-state index in [2.05, 4.69) is 42.6 Å². The van der Waals surface area contributed by atoms with Crippen LogP contribution in [0.15, 0.2) is 97.5 Å². The number of nitrogens with one attached hydrogen (secondary N) is 4. The average molecular weight is 1110 g/mol. The normalized spacial score (nSPS) is 24.7. The second kappa shape index (κ2) is 29.6. The predicted octanol–water partition coefficient (Wildman–Crippen LogP) is 10.4. The van der Waals surface area contributed by atoms with Gasteiger partial charge in [-0.05, 0) is 137 Å². The fourth-order valence-electron chi connectivity index (χ4n) is 13.8. The second-order valence-corrected chi connectivity index (χ2v) is 22.5. The molecule has 434 valence electrons. The minimum Gasteiger partial charge on any atom is -0.481 e. The summed E-state index contributed by atoms with van der Waals surface area (Å²) in [7, 11) is 2.97. The highest BCUT2D eigenvalue weighted by atomic mass is 16.5. The van der Waals surface area contributed by atoms with Crippen molar-refractivity contribution < 1.29 is 53.6 Å². The summed E-state index contributed by atoms with van der Waals surface area (Å²) in [5, 5.41) is 36.4. The molecule has 9 atom stereocenters. The molecule has 3 aliphatic carbocycles. The molecule has 3 aromatic heterocycles. The molecule has 6 aliphatic rings. The van der Waals surface area contributed by atoms with E-state index in [0.717, 1.165) is 92.9 Å². The Bertz CT molecular complexity index is 3050. The predicted molar refractivity (Wildman–Crippen MR) is 311 cm³/mol. The zero-order chi connectivity index (χ0) is 57.3. The van der Waals surface area contributed by atoms with Crippen LogP contribution in [0.2, 0.25) is 0 Å². The summed E-state index contributed by atoms with van der Waals surface area (Å²) in [5.74, 6) is -0.896. The highest BCUT2D eigenvalue weighted by Gasteiger charge is 2.45. The molecule has 0 bridgehead atoms. The third-order valence-electron chi connectivity index (χ3n) is 17.9. The number of rotatable bonds is 10. The number of carbonyl (C=O) groups excluding carboxylic acids is 3. The number of aromatic carboxylic acids is 1. The number of H-pyrrole nitrogens is 2. The number of aromatic amines is 2. The fraction of sp³-hybridized carbons (Fsp3) is 0.516. The lowest BCUT2D eigenvalue weighted by Crippen LogP contribution is -2.54. The number of carboxylic acids is 3. The van der Waals surface area contributed by atoms with Crippen molar-refractivity contribution >= 4 is 68.5 Å². The number of benzene rings is 3. The van der Waals surface area contributed by atoms with Gasteiger partial charge in [-0.3, -0.25) is 29.0 Å². The molecule has 1 amide bonds. The number of ether oxygens (including phenoxy) is 2. The Labute approximate surface area is 474 Å². The van der Waals surface area contributed by atoms with E-state index in [1.54, 1.807) is 18.2 Å². The van der Waals surface area contributed by atoms with Gasteiger partial charge in [-0.25, -0.2) is 4.79 Å². The van der Waals surface area contributed by atoms with Crippen LogP contribution in [0.4, 0.5) is 0 Å². The smallest absolute Gasteiger partial charge is 0.336 e. The number of pyridine rings is 1. The summed E-state index contributed by atoms with van der Waals surface area (Å²) >= 11 is 0. The number of hydrogen-bond donors (Lipinski definition) is 7. The van der Waals surface area contributed by atoms with E-state index in [9.17, 15) is 28.8 Å². The zero-order valence-corrected chi connectivity index (χ0v) is 47.0. The fourth-order valence-corrected chi connectivity index (χ4v) is 13.8. The maximum absolute atomic E-state index is 13.0. The van der Waals surface area contributed by atoms with Crippen molar-refractivity contribution in [2.45, 2.75) is 140 Å². The maximum atomic E-state index is 13.0. The lowest BCUT2D eigenvalue weighted by molar-refractivity contribution is -0.156. The van der Waals surface area contributed by atoms with Gasteiger partial charge >= 0.3 is 29.8 Å². The largest absolute Gasteiger partial charge is 0.481 e. The van der Waals surface area contributed by atoms with E-state index in [1.807, 2.05) is 54.9 Å². The number of hydrogen-bond acceptors (Lipinski definition) is 11. The Kier molecular flexibility index (Phi) is 21.9. The van der Waals surface area contributed by atoms with Gasteiger partial charge in [-0.2, -0.15) is 0 Å². The average Bonchev–Trinajstić information content (AvgIpc) is 4.13. The van der Waals surface area contributed by atoms with Crippen LogP contribution in [0.5, 0.6) is 0 Å². The van der Waals surface area contributed by atoms with E-state index >= 15 is 0 Å². The van der Waals surface area contributed by atoms with Crippen molar-refractivity contribution in [2.75, 3.05) is 33.9 Å². The number of esters is 2. The number of carbonyl (C=O) groups is 6. The maximum Gasteiger partial charge on any atom is 0.336 e. The lowest BCUT2D eigenvalue weighted by Gasteiger charge is -2.47. The molecule has 3 saturated carbocycles. The number of aliphatic carboxylic acids is 2. The Morgan fingerprint density at radius 1 is 0.556 bits per heavy atom. The number of methoxy groups -OCH3 is 2. The van der Waals surface area contributed by atoms with Crippen molar-refractivity contribution in [3.05, 3.63) is 114 Å². The minimum atomic E-state index is -0.918. The Hall–Kier alpha value is -7.11. The SMILES string of the molecule is COC(=O)C1CCN(C(=O)CCc2c[nH]c3ccccc23)C2CCCCC12.COC(=O)C1CCNC2CCCCC21.O=C(O)C1CCNC2CCCCC21.O=C(O)CCc1c[nH]c2ccccc12.O=C(O)c1ccnc2ccccc12. The molecule has 17 nitrogen and oxygen atoms in total. The monoisotopic (exact) mass is 1110 g/mol. The molecule has 0 radical (unpaired) electrons. The number of para-hydroxylation sites is 3. The van der Waals surface area contributed by atoms with Gasteiger partial charge < -0.3 is 50.3 Å². The van der Waals surface area contributed by atoms with E-state index in [1.165, 1.54) is 82.4 Å². The lowest BCUT2D eigenvalue weighted by atomic mass is 9.71. The molecule has 7 N–H and O–H groups in total. The van der Waals surface area contributed by atoms with Crippen LogP contribution in [0.1, 0.15) is 131 Å². The van der Waals surface area contributed by atoms with E-state index < -0.39 is 17.9 Å². The Morgan fingerprint density at radius 2 is 1.05 bits per heavy atom. The molecular weight excluding hydrogens is 1030 g/mol. The second-order valence-electron chi connectivity index (χ2n) is 22.5. The molecule has 9 unspecified atom stereocenters. The van der Waals surface area contributed by atoms with Crippen LogP contribution in [-0.4, -0.2) is 123 Å². The van der Waals surface area contributed by atoms with E-state index in [4.69, 9.17) is 24.8 Å². The van der Waals surface area contributed by atoms with E-state index in [0.29, 0.717) is 59.8 Å². The molecule has 81 heavy (non-hydrogen) atoms. The molecule has 3 aromatic carbocycles. The first kappa shape index (κ1) is 60.0. The number of likely N-dealkylation sites (tertiary alicyclic amines) is 1. The van der Waals surface area contributed by atoms with Crippen LogP contribution in [0.25, 0.3) is 32.7 Å². The Morgan fingerprint density at radius 3 is 1.62 bits per heavy atom. The summed E-state index contributed by atoms with van der Waals surface area (Å²) < 4.78 is 9.90. The standard InChI is InChI=1S/C22H28N2O3.C11H19NO2.C11H11NO2.C10H17NO2.C10H7NO2/c1-27-22(26)18-12-13-24(20-9-5-3-7-17(18)20)21(25)11-10-15-14-23-19-8-4-2-6-16(15)19;1-14-11(13)9-6-7-12-10-5-3-2-4-8(9)10;13-11(14)6-5-8-7-12-10-4-2-1-3-9(8)10;2*12-10(13)8-5-6-11-9-4-2-1-3-7(8)9/h2,4,6,8,14,17-18,20,23H,3,5,7,9-13H2,1H3;8-10,12H,2-7H2,1H3;1-4,7,12H,5-6H2,(H,13,14);7-9,11H,1-6H2,(H,12,13);1-6H,(H,12,13). The summed E-state index contributed by atoms with van der Waals surface area (Å²) in [6.45, 7) is 2.53. The summed E-state index contributed by atoms with van der Waals surface area (Å²) in [5.41, 5.74) is 5.46. The van der Waals surface area contributed by atoms with Gasteiger partial charge in [-0.15, -0.1) is 0 Å².